The van der Waals surface area contributed by atoms with Crippen LogP contribution in [-0.2, 0) is 4.79 Å². The number of hydrogen-bond acceptors (Lipinski definition) is 10. The number of aliphatic carboxylic acids is 1. The number of aromatic nitrogens is 4. The minimum absolute atomic E-state index is 0.0594. The third-order valence-corrected chi connectivity index (χ3v) is 5.58. The number of aliphatic hydroxyl groups excluding tert-OH is 1. The number of ether oxygens (including phenoxy) is 2. The van der Waals surface area contributed by atoms with Gasteiger partial charge in [0, 0.05) is 49.0 Å². The van der Waals surface area contributed by atoms with Crippen molar-refractivity contribution in [3.63, 3.8) is 0 Å². The Morgan fingerprint density at radius 1 is 1.26 bits per heavy atom. The fourth-order valence-corrected chi connectivity index (χ4v) is 3.68. The molecule has 0 spiro atoms. The molecule has 2 heterocycles. The van der Waals surface area contributed by atoms with Crippen LogP contribution in [0.4, 0.5) is 15.8 Å². The minimum atomic E-state index is -1.03. The summed E-state index contributed by atoms with van der Waals surface area (Å²) in [6.07, 6.45) is 1.77. The molecule has 0 amide bonds. The molecular formula is C27H31FN8O6. The molecule has 4 aromatic rings. The number of halogens is 1. The van der Waals surface area contributed by atoms with Gasteiger partial charge in [0.25, 0.3) is 5.97 Å². The second kappa shape index (κ2) is 14.3. The van der Waals surface area contributed by atoms with Crippen molar-refractivity contribution in [1.29, 1.82) is 5.41 Å². The van der Waals surface area contributed by atoms with Gasteiger partial charge in [-0.3, -0.25) is 15.2 Å². The second-order valence-corrected chi connectivity index (χ2v) is 8.69. The number of carboxylic acids is 1. The molecule has 1 atom stereocenters. The predicted molar refractivity (Wildman–Crippen MR) is 153 cm³/mol. The maximum atomic E-state index is 15.8. The summed E-state index contributed by atoms with van der Waals surface area (Å²) in [5.41, 5.74) is 12.2. The summed E-state index contributed by atoms with van der Waals surface area (Å²) in [7, 11) is 1.43. The first-order valence-electron chi connectivity index (χ1n) is 12.5. The van der Waals surface area contributed by atoms with Crippen molar-refractivity contribution >= 4 is 23.2 Å². The lowest BCUT2D eigenvalue weighted by atomic mass is 10.0. The molecule has 1 unspecified atom stereocenters. The molecule has 0 aliphatic heterocycles. The van der Waals surface area contributed by atoms with Gasteiger partial charge in [0.2, 0.25) is 0 Å². The average molecular weight is 583 g/mol. The lowest BCUT2D eigenvalue weighted by molar-refractivity contribution is -0.134. The lowest BCUT2D eigenvalue weighted by Crippen LogP contribution is -2.18. The number of nitrogens with one attached hydrogen (secondary N) is 3. The van der Waals surface area contributed by atoms with Crippen LogP contribution >= 0.6 is 0 Å². The van der Waals surface area contributed by atoms with E-state index in [9.17, 15) is 4.79 Å². The number of amidine groups is 1. The molecule has 0 aliphatic rings. The van der Waals surface area contributed by atoms with Crippen LogP contribution in [0.1, 0.15) is 36.3 Å². The molecule has 0 bridgehead atoms. The fourth-order valence-electron chi connectivity index (χ4n) is 3.68. The number of rotatable bonds is 11. The van der Waals surface area contributed by atoms with E-state index in [1.54, 1.807) is 36.4 Å². The van der Waals surface area contributed by atoms with Gasteiger partial charge < -0.3 is 36.5 Å². The Balaban J connectivity index is 0.00000114. The van der Waals surface area contributed by atoms with Crippen molar-refractivity contribution in [3.05, 3.63) is 88.0 Å². The molecule has 0 saturated carbocycles. The molecule has 9 N–H and O–H groups in total. The highest BCUT2D eigenvalue weighted by molar-refractivity contribution is 5.95. The zero-order valence-electron chi connectivity index (χ0n) is 22.8. The minimum Gasteiger partial charge on any atom is -0.497 e. The third-order valence-electron chi connectivity index (χ3n) is 5.58. The standard InChI is InChI=1S/C25H27FN8O4.C2H4O2/c1-37-16-12-17(20(26)19(13-16)38-11-3-10-35)21(31-15-7-5-14(6-8-15)22(28)29)23-32-25(36)34(33-23)24-18(27)4-2-9-30-24;1-2(3)4/h2,4-9,12-13,21,31,35H,3,10-11,27H2,1H3,(H3,28,29)(H,32,33,36);1H3,(H,3,4). The predicted octanol–water partition coefficient (Wildman–Crippen LogP) is 2.02. The summed E-state index contributed by atoms with van der Waals surface area (Å²) in [5, 5.41) is 31.6. The zero-order chi connectivity index (χ0) is 30.8. The molecule has 0 fully saturated rings. The van der Waals surface area contributed by atoms with Gasteiger partial charge in [-0.25, -0.2) is 14.2 Å². The van der Waals surface area contributed by atoms with Crippen LogP contribution in [0.3, 0.4) is 0 Å². The van der Waals surface area contributed by atoms with Crippen LogP contribution in [0.5, 0.6) is 11.5 Å². The first-order valence-corrected chi connectivity index (χ1v) is 12.5. The Morgan fingerprint density at radius 3 is 2.55 bits per heavy atom. The first-order chi connectivity index (χ1) is 20.0. The lowest BCUT2D eigenvalue weighted by Gasteiger charge is -2.21. The Morgan fingerprint density at radius 2 is 1.95 bits per heavy atom. The van der Waals surface area contributed by atoms with E-state index >= 15 is 4.39 Å². The number of anilines is 2. The van der Waals surface area contributed by atoms with E-state index in [4.69, 9.17) is 41.4 Å². The number of nitrogen functional groups attached to an aromatic ring is 2. The molecule has 15 heteroatoms. The summed E-state index contributed by atoms with van der Waals surface area (Å²) >= 11 is 0. The van der Waals surface area contributed by atoms with Gasteiger partial charge in [0.05, 0.1) is 19.4 Å². The van der Waals surface area contributed by atoms with Gasteiger partial charge in [-0.2, -0.15) is 4.68 Å². The molecule has 2 aromatic carbocycles. The summed E-state index contributed by atoms with van der Waals surface area (Å²) in [6.45, 7) is 1.04. The summed E-state index contributed by atoms with van der Waals surface area (Å²) in [5.74, 6) is -1.27. The Kier molecular flexibility index (Phi) is 10.6. The quantitative estimate of drug-likeness (QED) is 0.0768. The van der Waals surface area contributed by atoms with Crippen LogP contribution < -0.4 is 31.9 Å². The average Bonchev–Trinajstić information content (AvgIpc) is 3.34. The van der Waals surface area contributed by atoms with Gasteiger partial charge in [0.15, 0.2) is 23.2 Å². The van der Waals surface area contributed by atoms with E-state index in [0.29, 0.717) is 23.4 Å². The van der Waals surface area contributed by atoms with Crippen molar-refractivity contribution in [1.82, 2.24) is 19.7 Å². The van der Waals surface area contributed by atoms with E-state index in [1.165, 1.54) is 25.4 Å². The van der Waals surface area contributed by atoms with Crippen LogP contribution in [0.25, 0.3) is 5.82 Å². The third kappa shape index (κ3) is 7.82. The normalized spacial score (nSPS) is 11.1. The second-order valence-electron chi connectivity index (χ2n) is 8.69. The fraction of sp³-hybridized carbons (Fsp3) is 0.222. The number of pyridine rings is 1. The van der Waals surface area contributed by atoms with Crippen molar-refractivity contribution in [2.24, 2.45) is 5.73 Å². The van der Waals surface area contributed by atoms with Crippen molar-refractivity contribution in [2.75, 3.05) is 31.4 Å². The maximum absolute atomic E-state index is 15.8. The molecule has 2 aromatic heterocycles. The highest BCUT2D eigenvalue weighted by atomic mass is 19.1. The van der Waals surface area contributed by atoms with E-state index in [0.717, 1.165) is 11.6 Å². The van der Waals surface area contributed by atoms with Gasteiger partial charge in [-0.15, -0.1) is 5.10 Å². The summed E-state index contributed by atoms with van der Waals surface area (Å²) < 4.78 is 27.7. The number of nitrogens with two attached hydrogens (primary N) is 2. The molecule has 4 rings (SSSR count). The number of carboxylic acid groups (broad SMARTS) is 1. The number of aliphatic hydroxyl groups is 1. The van der Waals surface area contributed by atoms with Crippen molar-refractivity contribution < 1.29 is 28.9 Å². The Hall–Kier alpha value is -5.44. The highest BCUT2D eigenvalue weighted by Crippen LogP contribution is 2.35. The molecular weight excluding hydrogens is 551 g/mol. The number of carbonyl (C=O) groups is 1. The zero-order valence-corrected chi connectivity index (χ0v) is 22.8. The molecule has 0 radical (unpaired) electrons. The van der Waals surface area contributed by atoms with E-state index < -0.39 is 23.5 Å². The summed E-state index contributed by atoms with van der Waals surface area (Å²) in [6, 6.07) is 11.6. The van der Waals surface area contributed by atoms with Crippen LogP contribution in [-0.4, -0.2) is 62.1 Å². The maximum Gasteiger partial charge on any atom is 0.349 e. The topological polar surface area (TPSA) is 227 Å². The number of hydrogen-bond donors (Lipinski definition) is 7. The van der Waals surface area contributed by atoms with Crippen LogP contribution in [0, 0.1) is 11.2 Å². The molecule has 222 valence electrons. The van der Waals surface area contributed by atoms with Gasteiger partial charge in [0.1, 0.15) is 17.6 Å². The van der Waals surface area contributed by atoms with Crippen LogP contribution in [0.15, 0.2) is 59.5 Å². The molecule has 42 heavy (non-hydrogen) atoms. The van der Waals surface area contributed by atoms with Gasteiger partial charge >= 0.3 is 5.69 Å². The van der Waals surface area contributed by atoms with Gasteiger partial charge in [-0.1, -0.05) is 0 Å². The van der Waals surface area contributed by atoms with E-state index in [-0.39, 0.29) is 47.7 Å². The number of aromatic amines is 1. The first kappa shape index (κ1) is 31.1. The van der Waals surface area contributed by atoms with Gasteiger partial charge in [-0.05, 0) is 42.5 Å². The Bertz CT molecular complexity index is 1580. The Labute approximate surface area is 239 Å². The summed E-state index contributed by atoms with van der Waals surface area (Å²) in [4.78, 5) is 28.7. The number of nitrogens with zero attached hydrogens (tertiary/aromatic N) is 3. The van der Waals surface area contributed by atoms with E-state index in [1.807, 2.05) is 0 Å². The molecule has 0 saturated heterocycles. The monoisotopic (exact) mass is 582 g/mol. The number of benzene rings is 2. The van der Waals surface area contributed by atoms with Crippen molar-refractivity contribution in [2.45, 2.75) is 19.4 Å². The number of methoxy groups -OCH3 is 1. The molecule has 14 nitrogen and oxygen atoms in total. The number of H-pyrrole nitrogens is 1. The highest BCUT2D eigenvalue weighted by Gasteiger charge is 2.27. The SMILES string of the molecule is CC(=O)O.COc1cc(OCCCO)c(F)c(C(Nc2ccc(C(=N)N)cc2)c2nn(-c3ncccc3N)c(=O)[nH]2)c1. The van der Waals surface area contributed by atoms with E-state index in [2.05, 4.69) is 20.4 Å². The van der Waals surface area contributed by atoms with Crippen LogP contribution in [0.2, 0.25) is 0 Å². The van der Waals surface area contributed by atoms with Crippen molar-refractivity contribution in [3.8, 4) is 17.3 Å². The smallest absolute Gasteiger partial charge is 0.349 e. The molecule has 0 aliphatic carbocycles. The largest absolute Gasteiger partial charge is 0.497 e.